The summed E-state index contributed by atoms with van der Waals surface area (Å²) in [5, 5.41) is 1.58. The molecule has 2 aromatic rings. The normalized spacial score (nSPS) is 10.8. The summed E-state index contributed by atoms with van der Waals surface area (Å²) in [5.74, 6) is 0. The van der Waals surface area contributed by atoms with Crippen molar-refractivity contribution in [2.75, 3.05) is 0 Å². The van der Waals surface area contributed by atoms with Gasteiger partial charge in [-0.3, -0.25) is 4.79 Å². The molecule has 1 heterocycles. The van der Waals surface area contributed by atoms with Gasteiger partial charge in [0.15, 0.2) is 6.29 Å². The van der Waals surface area contributed by atoms with Crippen molar-refractivity contribution in [1.82, 2.24) is 4.98 Å². The minimum absolute atomic E-state index is 0.654. The predicted octanol–water partition coefficient (Wildman–Crippen LogP) is 3.55. The van der Waals surface area contributed by atoms with Crippen LogP contribution in [0, 0.1) is 10.5 Å². The maximum Gasteiger partial charge on any atom is 0.152 e. The van der Waals surface area contributed by atoms with Gasteiger partial charge in [0.25, 0.3) is 0 Å². The molecule has 72 valence electrons. The lowest BCUT2D eigenvalue weighted by Gasteiger charge is -2.02. The van der Waals surface area contributed by atoms with Gasteiger partial charge in [-0.15, -0.1) is 0 Å². The molecule has 1 N–H and O–H groups in total. The van der Waals surface area contributed by atoms with Gasteiger partial charge in [0.05, 0.1) is 10.5 Å². The minimum atomic E-state index is 0.654. The van der Waals surface area contributed by atoms with Crippen LogP contribution in [-0.2, 0) is 0 Å². The molecule has 4 heteroatoms. The maximum atomic E-state index is 10.7. The number of aryl methyl sites for hydroxylation is 1. The van der Waals surface area contributed by atoms with Gasteiger partial charge in [-0.05, 0) is 41.1 Å². The predicted molar refractivity (Wildman–Crippen MR) is 66.2 cm³/mol. The number of nitrogens with one attached hydrogen (secondary N) is 1. The summed E-state index contributed by atoms with van der Waals surface area (Å²) >= 11 is 8.24. The number of halogens is 2. The van der Waals surface area contributed by atoms with Crippen molar-refractivity contribution >= 4 is 51.4 Å². The average Bonchev–Trinajstić information content (AvgIpc) is 2.57. The number of rotatable bonds is 1. The second kappa shape index (κ2) is 3.55. The highest BCUT2D eigenvalue weighted by atomic mass is 127. The number of hydrogen-bond donors (Lipinski definition) is 1. The molecule has 1 aromatic heterocycles. The zero-order valence-corrected chi connectivity index (χ0v) is 10.3. The molecule has 0 radical (unpaired) electrons. The molecule has 0 saturated carbocycles. The van der Waals surface area contributed by atoms with Crippen LogP contribution < -0.4 is 0 Å². The van der Waals surface area contributed by atoms with Crippen LogP contribution in [0.4, 0.5) is 0 Å². The van der Waals surface area contributed by atoms with E-state index in [-0.39, 0.29) is 0 Å². The van der Waals surface area contributed by atoms with Crippen LogP contribution in [0.2, 0.25) is 5.02 Å². The van der Waals surface area contributed by atoms with E-state index < -0.39 is 0 Å². The Morgan fingerprint density at radius 3 is 2.93 bits per heavy atom. The van der Waals surface area contributed by atoms with Crippen molar-refractivity contribution < 1.29 is 4.79 Å². The molecule has 0 amide bonds. The van der Waals surface area contributed by atoms with Crippen LogP contribution in [-0.4, -0.2) is 11.3 Å². The van der Waals surface area contributed by atoms with Gasteiger partial charge in [0.1, 0.15) is 0 Å². The number of fused-ring (bicyclic) bond motifs is 1. The lowest BCUT2D eigenvalue weighted by atomic mass is 10.1. The smallest absolute Gasteiger partial charge is 0.152 e. The number of hydrogen-bond acceptors (Lipinski definition) is 1. The summed E-state index contributed by atoms with van der Waals surface area (Å²) in [6.07, 6.45) is 2.54. The fraction of sp³-hybridized carbons (Fsp3) is 0.100. The van der Waals surface area contributed by atoms with Crippen molar-refractivity contribution in [2.24, 2.45) is 0 Å². The Kier molecular flexibility index (Phi) is 2.53. The van der Waals surface area contributed by atoms with E-state index in [1.54, 1.807) is 6.20 Å². The number of benzene rings is 1. The minimum Gasteiger partial charge on any atom is -0.360 e. The topological polar surface area (TPSA) is 32.9 Å². The molecular weight excluding hydrogens is 312 g/mol. The third kappa shape index (κ3) is 1.35. The van der Waals surface area contributed by atoms with Crippen LogP contribution in [0.3, 0.4) is 0 Å². The summed E-state index contributed by atoms with van der Waals surface area (Å²) in [6.45, 7) is 1.99. The molecule has 2 nitrogen and oxygen atoms in total. The van der Waals surface area contributed by atoms with E-state index in [1.165, 1.54) is 0 Å². The molecule has 0 aliphatic carbocycles. The Morgan fingerprint density at radius 2 is 2.29 bits per heavy atom. The van der Waals surface area contributed by atoms with Crippen LogP contribution >= 0.6 is 34.2 Å². The Hall–Kier alpha value is -0.550. The summed E-state index contributed by atoms with van der Waals surface area (Å²) in [5.41, 5.74) is 2.73. The number of aldehydes is 1. The van der Waals surface area contributed by atoms with Gasteiger partial charge in [0.2, 0.25) is 0 Å². The number of aromatic amines is 1. The highest BCUT2D eigenvalue weighted by Gasteiger charge is 2.10. The first-order valence-electron chi connectivity index (χ1n) is 4.06. The number of carbonyl (C=O) groups excluding carboxylic acids is 1. The monoisotopic (exact) mass is 319 g/mol. The summed E-state index contributed by atoms with van der Waals surface area (Å²) < 4.78 is 1.02. The van der Waals surface area contributed by atoms with E-state index in [4.69, 9.17) is 11.6 Å². The van der Waals surface area contributed by atoms with Crippen molar-refractivity contribution in [1.29, 1.82) is 0 Å². The molecule has 1 aromatic carbocycles. The first-order valence-corrected chi connectivity index (χ1v) is 5.51. The molecular formula is C10H7ClINO. The molecule has 0 bridgehead atoms. The second-order valence-electron chi connectivity index (χ2n) is 3.08. The molecule has 0 fully saturated rings. The third-order valence-corrected chi connectivity index (χ3v) is 4.27. The van der Waals surface area contributed by atoms with Crippen molar-refractivity contribution in [2.45, 2.75) is 6.92 Å². The number of carbonyl (C=O) groups is 1. The van der Waals surface area contributed by atoms with E-state index in [0.717, 1.165) is 26.3 Å². The Morgan fingerprint density at radius 1 is 1.57 bits per heavy atom. The Bertz CT molecular complexity index is 518. The van der Waals surface area contributed by atoms with Gasteiger partial charge in [0, 0.05) is 20.7 Å². The molecule has 0 aliphatic rings. The number of H-pyrrole nitrogens is 1. The molecule has 0 unspecified atom stereocenters. The largest absolute Gasteiger partial charge is 0.360 e. The molecule has 0 saturated heterocycles. The van der Waals surface area contributed by atoms with Gasteiger partial charge in [-0.2, -0.15) is 0 Å². The lowest BCUT2D eigenvalue weighted by Crippen LogP contribution is -1.85. The maximum absolute atomic E-state index is 10.7. The molecule has 0 aliphatic heterocycles. The summed E-state index contributed by atoms with van der Waals surface area (Å²) in [4.78, 5) is 13.8. The van der Waals surface area contributed by atoms with E-state index in [1.807, 2.05) is 13.0 Å². The highest BCUT2D eigenvalue weighted by Crippen LogP contribution is 2.30. The fourth-order valence-corrected chi connectivity index (χ4v) is 2.17. The molecule has 2 rings (SSSR count). The van der Waals surface area contributed by atoms with Gasteiger partial charge in [-0.1, -0.05) is 11.6 Å². The molecule has 0 atom stereocenters. The van der Waals surface area contributed by atoms with Crippen LogP contribution in [0.15, 0.2) is 12.3 Å². The Labute approximate surface area is 99.8 Å². The summed E-state index contributed by atoms with van der Waals surface area (Å²) in [7, 11) is 0. The van der Waals surface area contributed by atoms with E-state index in [0.29, 0.717) is 10.6 Å². The van der Waals surface area contributed by atoms with Crippen LogP contribution in [0.1, 0.15) is 15.9 Å². The lowest BCUT2D eigenvalue weighted by molar-refractivity contribution is 0.112. The zero-order chi connectivity index (χ0) is 10.3. The van der Waals surface area contributed by atoms with Crippen LogP contribution in [0.25, 0.3) is 10.9 Å². The second-order valence-corrected chi connectivity index (χ2v) is 4.57. The van der Waals surface area contributed by atoms with Gasteiger partial charge < -0.3 is 4.98 Å². The third-order valence-electron chi connectivity index (χ3n) is 2.26. The van der Waals surface area contributed by atoms with Crippen molar-refractivity contribution in [3.05, 3.63) is 32.0 Å². The number of aromatic nitrogens is 1. The quantitative estimate of drug-likeness (QED) is 0.633. The fourth-order valence-electron chi connectivity index (χ4n) is 1.49. The first kappa shape index (κ1) is 9.98. The SMILES string of the molecule is Cc1c(I)c(Cl)cc2c(C=O)c[nH]c12. The van der Waals surface area contributed by atoms with Crippen molar-refractivity contribution in [3.8, 4) is 0 Å². The average molecular weight is 320 g/mol. The zero-order valence-electron chi connectivity index (χ0n) is 7.40. The van der Waals surface area contributed by atoms with Crippen LogP contribution in [0.5, 0.6) is 0 Å². The van der Waals surface area contributed by atoms with Gasteiger partial charge in [-0.25, -0.2) is 0 Å². The molecule has 0 spiro atoms. The summed E-state index contributed by atoms with van der Waals surface area (Å²) in [6, 6.07) is 1.83. The van der Waals surface area contributed by atoms with Gasteiger partial charge >= 0.3 is 0 Å². The highest BCUT2D eigenvalue weighted by molar-refractivity contribution is 14.1. The van der Waals surface area contributed by atoms with E-state index >= 15 is 0 Å². The van der Waals surface area contributed by atoms with E-state index in [9.17, 15) is 4.79 Å². The Balaban J connectivity index is 2.93. The van der Waals surface area contributed by atoms with E-state index in [2.05, 4.69) is 27.6 Å². The standard InChI is InChI=1S/C10H7ClINO/c1-5-9(12)8(11)2-7-6(4-14)3-13-10(5)7/h2-4,13H,1H3. The molecule has 14 heavy (non-hydrogen) atoms. The first-order chi connectivity index (χ1) is 6.65. The van der Waals surface area contributed by atoms with Crippen molar-refractivity contribution in [3.63, 3.8) is 0 Å².